The summed E-state index contributed by atoms with van der Waals surface area (Å²) >= 11 is 2.07. The van der Waals surface area contributed by atoms with Gasteiger partial charge < -0.3 is 5.32 Å². The number of hydrogen-bond donors (Lipinski definition) is 1. The molecule has 0 heterocycles. The molecule has 17 heavy (non-hydrogen) atoms. The van der Waals surface area contributed by atoms with Gasteiger partial charge in [0, 0.05) is 16.7 Å². The van der Waals surface area contributed by atoms with Gasteiger partial charge in [-0.2, -0.15) is 0 Å². The van der Waals surface area contributed by atoms with Crippen LogP contribution < -0.4 is 5.32 Å². The second-order valence-corrected chi connectivity index (χ2v) is 6.22. The lowest BCUT2D eigenvalue weighted by Gasteiger charge is -2.09. The molecular formula is C15H23NS. The lowest BCUT2D eigenvalue weighted by atomic mass is 10.2. The Balaban J connectivity index is 1.80. The molecule has 1 saturated carbocycles. The van der Waals surface area contributed by atoms with Crippen LogP contribution in [0.15, 0.2) is 29.2 Å². The highest BCUT2D eigenvalue weighted by molar-refractivity contribution is 8.00. The van der Waals surface area contributed by atoms with Crippen molar-refractivity contribution in [2.24, 2.45) is 0 Å². The first-order valence-electron chi connectivity index (χ1n) is 6.85. The van der Waals surface area contributed by atoms with Crippen molar-refractivity contribution in [3.05, 3.63) is 29.8 Å². The summed E-state index contributed by atoms with van der Waals surface area (Å²) in [4.78, 5) is 1.44. The van der Waals surface area contributed by atoms with E-state index in [9.17, 15) is 0 Å². The Kier molecular flexibility index (Phi) is 5.40. The lowest BCUT2D eigenvalue weighted by molar-refractivity contribution is 0.675. The second kappa shape index (κ2) is 7.07. The molecule has 0 bridgehead atoms. The highest BCUT2D eigenvalue weighted by Crippen LogP contribution is 2.34. The van der Waals surface area contributed by atoms with Gasteiger partial charge in [-0.05, 0) is 43.5 Å². The van der Waals surface area contributed by atoms with Crippen molar-refractivity contribution < 1.29 is 0 Å². The fourth-order valence-corrected chi connectivity index (χ4v) is 3.54. The minimum Gasteiger partial charge on any atom is -0.313 e. The molecule has 0 aromatic heterocycles. The molecule has 2 rings (SSSR count). The Morgan fingerprint density at radius 1 is 1.18 bits per heavy atom. The molecule has 0 aliphatic heterocycles. The quantitative estimate of drug-likeness (QED) is 0.758. The van der Waals surface area contributed by atoms with Gasteiger partial charge in [0.2, 0.25) is 0 Å². The van der Waals surface area contributed by atoms with Gasteiger partial charge in [0.15, 0.2) is 0 Å². The van der Waals surface area contributed by atoms with E-state index in [1.54, 1.807) is 0 Å². The van der Waals surface area contributed by atoms with Gasteiger partial charge >= 0.3 is 0 Å². The Hall–Kier alpha value is -0.470. The first kappa shape index (κ1) is 13.0. The zero-order valence-electron chi connectivity index (χ0n) is 10.7. The van der Waals surface area contributed by atoms with Crippen LogP contribution in [-0.2, 0) is 6.54 Å². The van der Waals surface area contributed by atoms with Crippen molar-refractivity contribution in [2.45, 2.75) is 55.7 Å². The Bertz CT molecular complexity index is 314. The first-order chi connectivity index (χ1) is 8.38. The summed E-state index contributed by atoms with van der Waals surface area (Å²) in [5.74, 6) is 0. The van der Waals surface area contributed by atoms with Crippen LogP contribution in [0.2, 0.25) is 0 Å². The summed E-state index contributed by atoms with van der Waals surface area (Å²) < 4.78 is 0. The Morgan fingerprint density at radius 2 is 1.88 bits per heavy atom. The molecule has 0 saturated heterocycles. The van der Waals surface area contributed by atoms with Crippen molar-refractivity contribution in [1.82, 2.24) is 5.32 Å². The molecule has 0 atom stereocenters. The number of hydrogen-bond acceptors (Lipinski definition) is 2. The molecule has 1 aliphatic carbocycles. The van der Waals surface area contributed by atoms with Crippen LogP contribution >= 0.6 is 11.8 Å². The number of rotatable bonds is 6. The van der Waals surface area contributed by atoms with E-state index in [0.29, 0.717) is 0 Å². The van der Waals surface area contributed by atoms with E-state index < -0.39 is 0 Å². The molecule has 94 valence electrons. The van der Waals surface area contributed by atoms with Gasteiger partial charge in [-0.25, -0.2) is 0 Å². The molecule has 1 fully saturated rings. The van der Waals surface area contributed by atoms with Crippen molar-refractivity contribution in [3.63, 3.8) is 0 Å². The SMILES string of the molecule is CCCNCc1ccc(SC2CCCC2)cc1. The van der Waals surface area contributed by atoms with Crippen LogP contribution in [0.25, 0.3) is 0 Å². The van der Waals surface area contributed by atoms with E-state index in [2.05, 4.69) is 48.3 Å². The third kappa shape index (κ3) is 4.36. The first-order valence-corrected chi connectivity index (χ1v) is 7.73. The minimum atomic E-state index is 0.874. The maximum atomic E-state index is 3.44. The minimum absolute atomic E-state index is 0.874. The summed E-state index contributed by atoms with van der Waals surface area (Å²) in [7, 11) is 0. The fourth-order valence-electron chi connectivity index (χ4n) is 2.29. The van der Waals surface area contributed by atoms with Crippen molar-refractivity contribution in [3.8, 4) is 0 Å². The van der Waals surface area contributed by atoms with Crippen molar-refractivity contribution in [1.29, 1.82) is 0 Å². The van der Waals surface area contributed by atoms with E-state index in [4.69, 9.17) is 0 Å². The number of nitrogens with one attached hydrogen (secondary N) is 1. The molecule has 2 heteroatoms. The van der Waals surface area contributed by atoms with Crippen LogP contribution in [-0.4, -0.2) is 11.8 Å². The summed E-state index contributed by atoms with van der Waals surface area (Å²) in [6.07, 6.45) is 6.87. The van der Waals surface area contributed by atoms with Gasteiger partial charge in [0.05, 0.1) is 0 Å². The summed E-state index contributed by atoms with van der Waals surface area (Å²) in [6.45, 7) is 4.31. The van der Waals surface area contributed by atoms with Gasteiger partial charge in [-0.3, -0.25) is 0 Å². The molecule has 1 aromatic rings. The summed E-state index contributed by atoms with van der Waals surface area (Å²) in [5, 5.41) is 4.31. The van der Waals surface area contributed by atoms with E-state index in [1.807, 2.05) is 0 Å². The van der Waals surface area contributed by atoms with Gasteiger partial charge in [0.1, 0.15) is 0 Å². The van der Waals surface area contributed by atoms with Gasteiger partial charge in [-0.1, -0.05) is 31.9 Å². The Morgan fingerprint density at radius 3 is 2.53 bits per heavy atom. The van der Waals surface area contributed by atoms with Crippen molar-refractivity contribution in [2.75, 3.05) is 6.54 Å². The van der Waals surface area contributed by atoms with Crippen LogP contribution in [0.1, 0.15) is 44.6 Å². The highest BCUT2D eigenvalue weighted by Gasteiger charge is 2.15. The maximum absolute atomic E-state index is 3.44. The monoisotopic (exact) mass is 249 g/mol. The standard InChI is InChI=1S/C15H23NS/c1-2-11-16-12-13-7-9-15(10-8-13)17-14-5-3-4-6-14/h7-10,14,16H,2-6,11-12H2,1H3. The van der Waals surface area contributed by atoms with Crippen LogP contribution in [0, 0.1) is 0 Å². The van der Waals surface area contributed by atoms with Gasteiger partial charge in [-0.15, -0.1) is 11.8 Å². The third-order valence-electron chi connectivity index (χ3n) is 3.28. The molecular weight excluding hydrogens is 226 g/mol. The molecule has 0 radical (unpaired) electrons. The van der Waals surface area contributed by atoms with E-state index >= 15 is 0 Å². The number of thioether (sulfide) groups is 1. The molecule has 1 aromatic carbocycles. The Labute approximate surface area is 109 Å². The number of benzene rings is 1. The van der Waals surface area contributed by atoms with E-state index in [1.165, 1.54) is 42.6 Å². The molecule has 0 spiro atoms. The summed E-state index contributed by atoms with van der Waals surface area (Å²) in [6, 6.07) is 9.10. The van der Waals surface area contributed by atoms with Crippen LogP contribution in [0.4, 0.5) is 0 Å². The average Bonchev–Trinajstić information content (AvgIpc) is 2.85. The second-order valence-electron chi connectivity index (χ2n) is 4.85. The van der Waals surface area contributed by atoms with Crippen LogP contribution in [0.3, 0.4) is 0 Å². The molecule has 1 aliphatic rings. The zero-order chi connectivity index (χ0) is 11.9. The van der Waals surface area contributed by atoms with Gasteiger partial charge in [0.25, 0.3) is 0 Å². The zero-order valence-corrected chi connectivity index (χ0v) is 11.6. The molecule has 1 nitrogen and oxygen atoms in total. The molecule has 1 N–H and O–H groups in total. The van der Waals surface area contributed by atoms with Crippen LogP contribution in [0.5, 0.6) is 0 Å². The molecule has 0 unspecified atom stereocenters. The third-order valence-corrected chi connectivity index (χ3v) is 4.63. The predicted molar refractivity (Wildman–Crippen MR) is 76.6 cm³/mol. The summed E-state index contributed by atoms with van der Waals surface area (Å²) in [5.41, 5.74) is 1.40. The smallest absolute Gasteiger partial charge is 0.0205 e. The maximum Gasteiger partial charge on any atom is 0.0205 e. The normalized spacial score (nSPS) is 16.5. The average molecular weight is 249 g/mol. The van der Waals surface area contributed by atoms with E-state index in [-0.39, 0.29) is 0 Å². The molecule has 0 amide bonds. The largest absolute Gasteiger partial charge is 0.313 e. The highest BCUT2D eigenvalue weighted by atomic mass is 32.2. The van der Waals surface area contributed by atoms with E-state index in [0.717, 1.165) is 18.3 Å². The topological polar surface area (TPSA) is 12.0 Å². The lowest BCUT2D eigenvalue weighted by Crippen LogP contribution is -2.13. The fraction of sp³-hybridized carbons (Fsp3) is 0.600. The predicted octanol–water partition coefficient (Wildman–Crippen LogP) is 4.22. The van der Waals surface area contributed by atoms with Crippen molar-refractivity contribution >= 4 is 11.8 Å².